The van der Waals surface area contributed by atoms with Gasteiger partial charge in [-0.25, -0.2) is 14.4 Å². The van der Waals surface area contributed by atoms with Crippen LogP contribution in [0.15, 0.2) is 36.4 Å². The van der Waals surface area contributed by atoms with E-state index in [0.717, 1.165) is 42.6 Å². The van der Waals surface area contributed by atoms with E-state index in [4.69, 9.17) is 14.2 Å². The zero-order valence-electron chi connectivity index (χ0n) is 18.1. The summed E-state index contributed by atoms with van der Waals surface area (Å²) in [5.41, 5.74) is 1.22. The molecule has 0 aliphatic carbocycles. The highest BCUT2D eigenvalue weighted by molar-refractivity contribution is 7.16. The molecular formula is C24H28O6S. The first-order chi connectivity index (χ1) is 15.0. The summed E-state index contributed by atoms with van der Waals surface area (Å²) >= 11 is 0.924. The lowest BCUT2D eigenvalue weighted by atomic mass is 10.2. The van der Waals surface area contributed by atoms with Gasteiger partial charge in [-0.05, 0) is 31.4 Å². The molecule has 0 fully saturated rings. The molecule has 1 aromatic heterocycles. The number of hydrogen-bond donors (Lipinski definition) is 0. The van der Waals surface area contributed by atoms with E-state index in [0.29, 0.717) is 5.56 Å². The summed E-state index contributed by atoms with van der Waals surface area (Å²) in [5.74, 6) is -1.78. The minimum absolute atomic E-state index is 0.0386. The Kier molecular flexibility index (Phi) is 9.97. The van der Waals surface area contributed by atoms with Gasteiger partial charge in [0.25, 0.3) is 0 Å². The third-order valence-corrected chi connectivity index (χ3v) is 5.57. The normalized spacial score (nSPS) is 10.8. The van der Waals surface area contributed by atoms with Crippen molar-refractivity contribution >= 4 is 35.3 Å². The Hall–Kier alpha value is -2.93. The van der Waals surface area contributed by atoms with Crippen molar-refractivity contribution in [1.82, 2.24) is 0 Å². The van der Waals surface area contributed by atoms with E-state index in [1.165, 1.54) is 6.08 Å². The lowest BCUT2D eigenvalue weighted by molar-refractivity contribution is -0.128. The standard InChI is InChI=1S/C24H28O6S/c1-4-6-15-28-23(26)21-17(3)20(22(31-21)24(27)29-16-7-5-2)30-19(25)14-13-18-11-9-8-10-12-18/h8-14H,4-7,15-16H2,1-3H3/b14-13+. The Bertz CT molecular complexity index is 914. The van der Waals surface area contributed by atoms with Crippen molar-refractivity contribution in [3.63, 3.8) is 0 Å². The van der Waals surface area contributed by atoms with Crippen molar-refractivity contribution < 1.29 is 28.6 Å². The fourth-order valence-corrected chi connectivity index (χ4v) is 3.58. The minimum Gasteiger partial charge on any atom is -0.461 e. The van der Waals surface area contributed by atoms with E-state index in [9.17, 15) is 14.4 Å². The van der Waals surface area contributed by atoms with Crippen LogP contribution in [0, 0.1) is 6.92 Å². The summed E-state index contributed by atoms with van der Waals surface area (Å²) in [6, 6.07) is 9.28. The van der Waals surface area contributed by atoms with Gasteiger partial charge in [0.2, 0.25) is 0 Å². The van der Waals surface area contributed by atoms with Crippen LogP contribution >= 0.6 is 11.3 Å². The Morgan fingerprint density at radius 3 is 2.06 bits per heavy atom. The molecule has 166 valence electrons. The molecular weight excluding hydrogens is 416 g/mol. The number of ether oxygens (including phenoxy) is 3. The van der Waals surface area contributed by atoms with Crippen molar-refractivity contribution in [2.24, 2.45) is 0 Å². The molecule has 0 bridgehead atoms. The molecule has 0 aliphatic heterocycles. The lowest BCUT2D eigenvalue weighted by Crippen LogP contribution is -2.10. The van der Waals surface area contributed by atoms with Crippen LogP contribution in [-0.4, -0.2) is 31.1 Å². The SMILES string of the molecule is CCCCOC(=O)c1sc(C(=O)OCCCC)c(OC(=O)/C=C/c2ccccc2)c1C. The molecule has 0 unspecified atom stereocenters. The molecule has 2 aromatic rings. The second-order valence-electron chi connectivity index (χ2n) is 6.86. The summed E-state index contributed by atoms with van der Waals surface area (Å²) in [6.45, 7) is 6.15. The lowest BCUT2D eigenvalue weighted by Gasteiger charge is -2.06. The van der Waals surface area contributed by atoms with Gasteiger partial charge in [-0.2, -0.15) is 0 Å². The number of esters is 3. The average molecular weight is 445 g/mol. The largest absolute Gasteiger partial charge is 0.461 e. The number of rotatable bonds is 11. The van der Waals surface area contributed by atoms with E-state index >= 15 is 0 Å². The molecule has 0 aliphatic rings. The van der Waals surface area contributed by atoms with Crippen molar-refractivity contribution in [3.8, 4) is 5.75 Å². The van der Waals surface area contributed by atoms with Crippen LogP contribution in [0.4, 0.5) is 0 Å². The van der Waals surface area contributed by atoms with Crippen LogP contribution in [0.3, 0.4) is 0 Å². The van der Waals surface area contributed by atoms with Gasteiger partial charge < -0.3 is 14.2 Å². The summed E-state index contributed by atoms with van der Waals surface area (Å²) in [4.78, 5) is 37.7. The molecule has 31 heavy (non-hydrogen) atoms. The number of benzene rings is 1. The van der Waals surface area contributed by atoms with E-state index in [2.05, 4.69) is 0 Å². The summed E-state index contributed by atoms with van der Waals surface area (Å²) in [6.07, 6.45) is 6.12. The number of hydrogen-bond acceptors (Lipinski definition) is 7. The molecule has 2 rings (SSSR count). The van der Waals surface area contributed by atoms with Crippen LogP contribution < -0.4 is 4.74 Å². The second kappa shape index (κ2) is 12.7. The van der Waals surface area contributed by atoms with Gasteiger partial charge in [0.05, 0.1) is 13.2 Å². The van der Waals surface area contributed by atoms with Crippen molar-refractivity contribution in [3.05, 3.63) is 57.3 Å². The Morgan fingerprint density at radius 2 is 1.48 bits per heavy atom. The molecule has 0 saturated carbocycles. The zero-order valence-corrected chi connectivity index (χ0v) is 19.0. The van der Waals surface area contributed by atoms with Gasteiger partial charge in [0.1, 0.15) is 4.88 Å². The highest BCUT2D eigenvalue weighted by Gasteiger charge is 2.28. The van der Waals surface area contributed by atoms with Crippen molar-refractivity contribution in [2.75, 3.05) is 13.2 Å². The molecule has 0 radical (unpaired) electrons. The number of thiophene rings is 1. The maximum atomic E-state index is 12.6. The molecule has 0 spiro atoms. The second-order valence-corrected chi connectivity index (χ2v) is 7.88. The Morgan fingerprint density at radius 1 is 0.903 bits per heavy atom. The van der Waals surface area contributed by atoms with E-state index in [1.807, 2.05) is 44.2 Å². The molecule has 6 nitrogen and oxygen atoms in total. The predicted molar refractivity (Wildman–Crippen MR) is 121 cm³/mol. The van der Waals surface area contributed by atoms with E-state index < -0.39 is 17.9 Å². The first kappa shape index (κ1) is 24.3. The Labute approximate surface area is 186 Å². The molecule has 1 heterocycles. The number of carbonyl (C=O) groups is 3. The molecule has 0 amide bonds. The maximum Gasteiger partial charge on any atom is 0.352 e. The van der Waals surface area contributed by atoms with Crippen molar-refractivity contribution in [2.45, 2.75) is 46.5 Å². The maximum absolute atomic E-state index is 12.6. The quantitative estimate of drug-likeness (QED) is 0.255. The third kappa shape index (κ3) is 7.36. The van der Waals surface area contributed by atoms with Gasteiger partial charge in [0, 0.05) is 11.6 Å². The molecule has 0 N–H and O–H groups in total. The van der Waals surface area contributed by atoms with Crippen molar-refractivity contribution in [1.29, 1.82) is 0 Å². The first-order valence-corrected chi connectivity index (χ1v) is 11.2. The van der Waals surface area contributed by atoms with Gasteiger partial charge >= 0.3 is 17.9 Å². The van der Waals surface area contributed by atoms with Gasteiger partial charge in [0.15, 0.2) is 10.6 Å². The fourth-order valence-electron chi connectivity index (χ4n) is 2.56. The molecule has 0 saturated heterocycles. The number of carbonyl (C=O) groups excluding carboxylic acids is 3. The van der Waals surface area contributed by atoms with Gasteiger partial charge in [-0.15, -0.1) is 11.3 Å². The van der Waals surface area contributed by atoms with Crippen LogP contribution in [0.5, 0.6) is 5.75 Å². The first-order valence-electron chi connectivity index (χ1n) is 10.4. The zero-order chi connectivity index (χ0) is 22.6. The fraction of sp³-hybridized carbons (Fsp3) is 0.375. The third-order valence-electron chi connectivity index (χ3n) is 4.34. The summed E-state index contributed by atoms with van der Waals surface area (Å²) in [7, 11) is 0. The Balaban J connectivity index is 2.24. The van der Waals surface area contributed by atoms with E-state index in [1.54, 1.807) is 13.0 Å². The summed E-state index contributed by atoms with van der Waals surface area (Å²) < 4.78 is 16.0. The smallest absolute Gasteiger partial charge is 0.352 e. The highest BCUT2D eigenvalue weighted by Crippen LogP contribution is 2.36. The van der Waals surface area contributed by atoms with Gasteiger partial charge in [-0.3, -0.25) is 0 Å². The topological polar surface area (TPSA) is 78.9 Å². The monoisotopic (exact) mass is 444 g/mol. The van der Waals surface area contributed by atoms with E-state index in [-0.39, 0.29) is 28.7 Å². The van der Waals surface area contributed by atoms with Crippen LogP contribution in [0.1, 0.15) is 70.0 Å². The number of unbranched alkanes of at least 4 members (excludes halogenated alkanes) is 2. The molecule has 1 aromatic carbocycles. The minimum atomic E-state index is -0.654. The van der Waals surface area contributed by atoms with Crippen LogP contribution in [0.2, 0.25) is 0 Å². The molecule has 7 heteroatoms. The predicted octanol–water partition coefficient (Wildman–Crippen LogP) is 5.59. The van der Waals surface area contributed by atoms with Crippen LogP contribution in [-0.2, 0) is 14.3 Å². The highest BCUT2D eigenvalue weighted by atomic mass is 32.1. The summed E-state index contributed by atoms with van der Waals surface area (Å²) in [5, 5.41) is 0. The van der Waals surface area contributed by atoms with Crippen LogP contribution in [0.25, 0.3) is 6.08 Å². The molecule has 0 atom stereocenters. The average Bonchev–Trinajstić information content (AvgIpc) is 3.09. The van der Waals surface area contributed by atoms with Gasteiger partial charge in [-0.1, -0.05) is 57.0 Å².